The van der Waals surface area contributed by atoms with Crippen LogP contribution >= 0.6 is 11.6 Å². The van der Waals surface area contributed by atoms with Gasteiger partial charge in [0.15, 0.2) is 11.5 Å². The molecular weight excluding hydrogens is 266 g/mol. The number of ether oxygens (including phenoxy) is 3. The van der Waals surface area contributed by atoms with E-state index in [0.717, 1.165) is 12.1 Å². The molecule has 1 aromatic rings. The van der Waals surface area contributed by atoms with Crippen LogP contribution in [0.5, 0.6) is 11.5 Å². The van der Waals surface area contributed by atoms with Gasteiger partial charge in [-0.3, -0.25) is 0 Å². The molecule has 0 heterocycles. The first-order valence-electron chi connectivity index (χ1n) is 6.31. The van der Waals surface area contributed by atoms with Crippen LogP contribution in [0.2, 0.25) is 5.02 Å². The maximum atomic E-state index is 6.14. The summed E-state index contributed by atoms with van der Waals surface area (Å²) in [5, 5.41) is 3.85. The molecule has 0 unspecified atom stereocenters. The number of hydrogen-bond acceptors (Lipinski definition) is 4. The Labute approximate surface area is 120 Å². The van der Waals surface area contributed by atoms with E-state index in [4.69, 9.17) is 25.8 Å². The molecule has 0 spiro atoms. The van der Waals surface area contributed by atoms with Crippen molar-refractivity contribution in [3.05, 3.63) is 22.7 Å². The Morgan fingerprint density at radius 3 is 2.53 bits per heavy atom. The second-order valence-corrected chi connectivity index (χ2v) is 4.82. The normalized spacial score (nSPS) is 10.8. The van der Waals surface area contributed by atoms with Crippen molar-refractivity contribution in [3.63, 3.8) is 0 Å². The largest absolute Gasteiger partial charge is 0.493 e. The average molecular weight is 288 g/mol. The molecule has 1 rings (SSSR count). The summed E-state index contributed by atoms with van der Waals surface area (Å²) in [5.41, 5.74) is 1.05. The van der Waals surface area contributed by atoms with Gasteiger partial charge in [0.05, 0.1) is 32.0 Å². The number of nitrogens with one attached hydrogen (secondary N) is 1. The highest BCUT2D eigenvalue weighted by Gasteiger charge is 2.10. The van der Waals surface area contributed by atoms with Gasteiger partial charge in [-0.1, -0.05) is 11.6 Å². The molecule has 19 heavy (non-hydrogen) atoms. The highest BCUT2D eigenvalue weighted by molar-refractivity contribution is 6.32. The molecule has 0 amide bonds. The van der Waals surface area contributed by atoms with Gasteiger partial charge in [0.1, 0.15) is 0 Å². The van der Waals surface area contributed by atoms with Crippen molar-refractivity contribution in [1.82, 2.24) is 5.32 Å². The topological polar surface area (TPSA) is 39.7 Å². The molecule has 4 nitrogen and oxygen atoms in total. The van der Waals surface area contributed by atoms with Gasteiger partial charge in [-0.2, -0.15) is 0 Å². The zero-order valence-corrected chi connectivity index (χ0v) is 12.7. The van der Waals surface area contributed by atoms with Crippen molar-refractivity contribution in [2.45, 2.75) is 26.5 Å². The van der Waals surface area contributed by atoms with Crippen LogP contribution in [0, 0.1) is 0 Å². The Kier molecular flexibility index (Phi) is 6.99. The minimum Gasteiger partial charge on any atom is -0.493 e. The molecule has 0 atom stereocenters. The van der Waals surface area contributed by atoms with Crippen LogP contribution in [0.4, 0.5) is 0 Å². The Hall–Kier alpha value is -0.970. The van der Waals surface area contributed by atoms with Gasteiger partial charge in [0, 0.05) is 13.1 Å². The second kappa shape index (κ2) is 8.25. The van der Waals surface area contributed by atoms with Crippen molar-refractivity contribution >= 4 is 11.6 Å². The molecule has 5 heteroatoms. The third-order valence-corrected chi connectivity index (χ3v) is 2.83. The lowest BCUT2D eigenvalue weighted by Crippen LogP contribution is -2.21. The van der Waals surface area contributed by atoms with Crippen LogP contribution in [-0.2, 0) is 11.3 Å². The van der Waals surface area contributed by atoms with E-state index in [0.29, 0.717) is 29.7 Å². The van der Waals surface area contributed by atoms with E-state index in [1.165, 1.54) is 0 Å². The minimum atomic E-state index is 0.261. The van der Waals surface area contributed by atoms with E-state index in [9.17, 15) is 0 Å². The summed E-state index contributed by atoms with van der Waals surface area (Å²) in [6.45, 7) is 6.24. The van der Waals surface area contributed by atoms with Crippen molar-refractivity contribution in [2.75, 3.05) is 27.4 Å². The summed E-state index contributed by atoms with van der Waals surface area (Å²) in [7, 11) is 3.17. The molecule has 1 aromatic carbocycles. The van der Waals surface area contributed by atoms with Gasteiger partial charge in [-0.25, -0.2) is 0 Å². The monoisotopic (exact) mass is 287 g/mol. The molecule has 1 N–H and O–H groups in total. The van der Waals surface area contributed by atoms with Crippen molar-refractivity contribution in [3.8, 4) is 11.5 Å². The summed E-state index contributed by atoms with van der Waals surface area (Å²) in [6.07, 6.45) is 0.261. The third kappa shape index (κ3) is 5.27. The smallest absolute Gasteiger partial charge is 0.179 e. The minimum absolute atomic E-state index is 0.261. The maximum absolute atomic E-state index is 6.14. The van der Waals surface area contributed by atoms with Crippen LogP contribution in [0.1, 0.15) is 19.4 Å². The Balaban J connectivity index is 2.52. The van der Waals surface area contributed by atoms with Crippen LogP contribution in [0.3, 0.4) is 0 Å². The molecular formula is C14H22ClNO3. The lowest BCUT2D eigenvalue weighted by molar-refractivity contribution is 0.0807. The summed E-state index contributed by atoms with van der Waals surface area (Å²) in [6, 6.07) is 3.79. The van der Waals surface area contributed by atoms with Crippen LogP contribution < -0.4 is 14.8 Å². The predicted molar refractivity (Wildman–Crippen MR) is 77.4 cm³/mol. The van der Waals surface area contributed by atoms with Gasteiger partial charge in [0.2, 0.25) is 0 Å². The predicted octanol–water partition coefficient (Wildman–Crippen LogP) is 2.87. The van der Waals surface area contributed by atoms with Gasteiger partial charge < -0.3 is 19.5 Å². The van der Waals surface area contributed by atoms with Gasteiger partial charge in [-0.15, -0.1) is 0 Å². The molecule has 0 fully saturated rings. The first-order chi connectivity index (χ1) is 9.08. The summed E-state index contributed by atoms with van der Waals surface area (Å²) >= 11 is 6.14. The molecule has 0 saturated heterocycles. The fraction of sp³-hybridized carbons (Fsp3) is 0.571. The lowest BCUT2D eigenvalue weighted by atomic mass is 10.2. The van der Waals surface area contributed by atoms with Gasteiger partial charge >= 0.3 is 0 Å². The number of benzene rings is 1. The van der Waals surface area contributed by atoms with Gasteiger partial charge in [-0.05, 0) is 31.5 Å². The van der Waals surface area contributed by atoms with Crippen LogP contribution in [0.25, 0.3) is 0 Å². The molecule has 0 aliphatic carbocycles. The summed E-state index contributed by atoms with van der Waals surface area (Å²) in [4.78, 5) is 0. The van der Waals surface area contributed by atoms with E-state index in [1.807, 2.05) is 26.0 Å². The fourth-order valence-electron chi connectivity index (χ4n) is 1.67. The van der Waals surface area contributed by atoms with E-state index in [2.05, 4.69) is 5.32 Å². The maximum Gasteiger partial charge on any atom is 0.179 e. The summed E-state index contributed by atoms with van der Waals surface area (Å²) < 4.78 is 15.9. The number of rotatable bonds is 8. The number of halogens is 1. The molecule has 0 aliphatic rings. The molecule has 0 bridgehead atoms. The Morgan fingerprint density at radius 1 is 1.21 bits per heavy atom. The summed E-state index contributed by atoms with van der Waals surface area (Å²) in [5.74, 6) is 1.21. The zero-order valence-electron chi connectivity index (χ0n) is 12.0. The SMILES string of the molecule is COc1cc(CNCCOC(C)C)cc(Cl)c1OC. The van der Waals surface area contributed by atoms with Crippen LogP contribution in [0.15, 0.2) is 12.1 Å². The third-order valence-electron chi connectivity index (χ3n) is 2.55. The first-order valence-corrected chi connectivity index (χ1v) is 6.69. The Bertz CT molecular complexity index is 397. The molecule has 0 aromatic heterocycles. The zero-order chi connectivity index (χ0) is 14.3. The Morgan fingerprint density at radius 2 is 1.95 bits per heavy atom. The van der Waals surface area contributed by atoms with E-state index in [-0.39, 0.29) is 6.10 Å². The van der Waals surface area contributed by atoms with E-state index in [1.54, 1.807) is 14.2 Å². The highest BCUT2D eigenvalue weighted by atomic mass is 35.5. The van der Waals surface area contributed by atoms with E-state index < -0.39 is 0 Å². The van der Waals surface area contributed by atoms with Crippen LogP contribution in [-0.4, -0.2) is 33.5 Å². The molecule has 0 aliphatic heterocycles. The quantitative estimate of drug-likeness (QED) is 0.747. The second-order valence-electron chi connectivity index (χ2n) is 4.41. The standard InChI is InChI=1S/C14H22ClNO3/c1-10(2)19-6-5-16-9-11-7-12(15)14(18-4)13(8-11)17-3/h7-8,10,16H,5-6,9H2,1-4H3. The van der Waals surface area contributed by atoms with E-state index >= 15 is 0 Å². The highest BCUT2D eigenvalue weighted by Crippen LogP contribution is 2.35. The average Bonchev–Trinajstić information content (AvgIpc) is 2.37. The number of methoxy groups -OCH3 is 2. The van der Waals surface area contributed by atoms with Gasteiger partial charge in [0.25, 0.3) is 0 Å². The van der Waals surface area contributed by atoms with Crippen molar-refractivity contribution in [1.29, 1.82) is 0 Å². The molecule has 0 radical (unpaired) electrons. The van der Waals surface area contributed by atoms with Crippen molar-refractivity contribution in [2.24, 2.45) is 0 Å². The number of hydrogen-bond donors (Lipinski definition) is 1. The first kappa shape index (κ1) is 16.1. The molecule has 108 valence electrons. The fourth-order valence-corrected chi connectivity index (χ4v) is 1.98. The van der Waals surface area contributed by atoms with Crippen molar-refractivity contribution < 1.29 is 14.2 Å². The lowest BCUT2D eigenvalue weighted by Gasteiger charge is -2.12. The molecule has 0 saturated carbocycles.